The first-order chi connectivity index (χ1) is 41.2. The van der Waals surface area contributed by atoms with Crippen molar-refractivity contribution in [2.75, 3.05) is 173 Å². The molecule has 0 aliphatic rings. The van der Waals surface area contributed by atoms with Gasteiger partial charge in [0.25, 0.3) is 0 Å². The topological polar surface area (TPSA) is 157 Å². The monoisotopic (exact) mass is 1140 g/mol. The van der Waals surface area contributed by atoms with Crippen molar-refractivity contribution in [2.24, 2.45) is 0 Å². The second kappa shape index (κ2) is 36.4. The van der Waals surface area contributed by atoms with Gasteiger partial charge in [0, 0.05) is 43.1 Å². The Hall–Kier alpha value is -7.16. The van der Waals surface area contributed by atoms with Gasteiger partial charge in [-0.2, -0.15) is 0 Å². The molecule has 0 amide bonds. The van der Waals surface area contributed by atoms with Crippen LogP contribution < -0.4 is 37.9 Å². The second-order valence-electron chi connectivity index (χ2n) is 18.4. The molecule has 0 bridgehead atoms. The van der Waals surface area contributed by atoms with Crippen LogP contribution in [-0.4, -0.2) is 173 Å². The molecule has 83 heavy (non-hydrogen) atoms. The third-order valence-corrected chi connectivity index (χ3v) is 13.0. The Morgan fingerprint density at radius 2 is 0.301 bits per heavy atom. The highest BCUT2D eigenvalue weighted by Crippen LogP contribution is 2.35. The van der Waals surface area contributed by atoms with E-state index in [1.54, 1.807) is 14.2 Å². The van der Waals surface area contributed by atoms with Crippen molar-refractivity contribution < 1.29 is 80.5 Å². The van der Waals surface area contributed by atoms with E-state index >= 15 is 0 Å². The van der Waals surface area contributed by atoms with Crippen molar-refractivity contribution in [1.82, 2.24) is 0 Å². The SMILES string of the molecule is COc1cccc2c(OCCOCCOCCOCCOc3cccc4c(OCCOCCOCCOCCOc5cccc6c(OCCOCCOCCOCCOc7cccc8c(OC)cccc78)cccc56)cccc34)cccc12. The number of hydrogen-bond donors (Lipinski definition) is 0. The van der Waals surface area contributed by atoms with Crippen molar-refractivity contribution in [3.8, 4) is 46.0 Å². The van der Waals surface area contributed by atoms with Gasteiger partial charge in [-0.1, -0.05) is 97.1 Å². The first-order valence-electron chi connectivity index (χ1n) is 28.3. The number of rotatable bonds is 44. The van der Waals surface area contributed by atoms with Crippen molar-refractivity contribution in [1.29, 1.82) is 0 Å². The Morgan fingerprint density at radius 1 is 0.169 bits per heavy atom. The number of methoxy groups -OCH3 is 2. The smallest absolute Gasteiger partial charge is 0.127 e. The van der Waals surface area contributed by atoms with Crippen LogP contribution >= 0.6 is 0 Å². The van der Waals surface area contributed by atoms with Crippen LogP contribution in [0, 0.1) is 0 Å². The molecule has 0 aromatic heterocycles. The van der Waals surface area contributed by atoms with E-state index in [1.165, 1.54) is 0 Å². The molecule has 0 spiro atoms. The van der Waals surface area contributed by atoms with E-state index in [1.807, 2.05) is 146 Å². The average molecular weight is 1140 g/mol. The first kappa shape index (κ1) is 61.9. The summed E-state index contributed by atoms with van der Waals surface area (Å²) in [6.45, 7) is 10.6. The summed E-state index contributed by atoms with van der Waals surface area (Å²) in [7, 11) is 3.34. The Balaban J connectivity index is 0.583. The minimum absolute atomic E-state index is 0.394. The Kier molecular flexibility index (Phi) is 27.2. The predicted octanol–water partition coefficient (Wildman–Crippen LogP) is 10.8. The summed E-state index contributed by atoms with van der Waals surface area (Å²) in [5.74, 6) is 6.29. The zero-order chi connectivity index (χ0) is 57.2. The fraction of sp³-hybridized carbons (Fsp3) is 0.394. The third kappa shape index (κ3) is 20.0. The summed E-state index contributed by atoms with van der Waals surface area (Å²) < 4.78 is 98.7. The highest BCUT2D eigenvalue weighted by Gasteiger charge is 2.11. The molecule has 0 saturated heterocycles. The Morgan fingerprint density at radius 3 is 0.458 bits per heavy atom. The average Bonchev–Trinajstić information content (AvgIpc) is 3.62. The Labute approximate surface area is 486 Å². The fourth-order valence-corrected chi connectivity index (χ4v) is 9.01. The zero-order valence-electron chi connectivity index (χ0n) is 47.8. The quantitative estimate of drug-likeness (QED) is 0.0332. The van der Waals surface area contributed by atoms with E-state index in [0.717, 1.165) is 89.1 Å². The molecule has 444 valence electrons. The molecule has 8 aromatic carbocycles. The predicted molar refractivity (Wildman–Crippen MR) is 319 cm³/mol. The summed E-state index contributed by atoms with van der Waals surface area (Å²) >= 11 is 0. The summed E-state index contributed by atoms with van der Waals surface area (Å²) in [4.78, 5) is 0. The molecule has 0 aliphatic heterocycles. The molecule has 0 heterocycles. The molecule has 17 heteroatoms. The van der Waals surface area contributed by atoms with Crippen LogP contribution in [-0.2, 0) is 42.6 Å². The van der Waals surface area contributed by atoms with Gasteiger partial charge in [-0.25, -0.2) is 0 Å². The molecule has 0 N–H and O–H groups in total. The van der Waals surface area contributed by atoms with Gasteiger partial charge in [0.15, 0.2) is 0 Å². The van der Waals surface area contributed by atoms with Crippen molar-refractivity contribution in [3.63, 3.8) is 0 Å². The number of hydrogen-bond acceptors (Lipinski definition) is 17. The van der Waals surface area contributed by atoms with Gasteiger partial charge >= 0.3 is 0 Å². The molecule has 0 fully saturated rings. The van der Waals surface area contributed by atoms with E-state index in [0.29, 0.717) is 159 Å². The molecule has 8 rings (SSSR count). The first-order valence-corrected chi connectivity index (χ1v) is 28.3. The maximum absolute atomic E-state index is 6.11. The summed E-state index contributed by atoms with van der Waals surface area (Å²) in [5, 5.41) is 7.88. The minimum atomic E-state index is 0.394. The highest BCUT2D eigenvalue weighted by molar-refractivity contribution is 5.95. The standard InChI is InChI=1S/C66H78O17/c1-67-59-19-3-13-53-51(59)11-5-21-61(53)78-45-39-72-33-27-69-29-35-74-41-47-80-63-23-7-17-57-55(63)15-9-25-65(57)82-49-43-76-37-31-71-32-38-77-44-50-83-66-26-10-16-56-58(66)18-8-24-64(56)81-48-42-75-36-30-70-28-34-73-40-46-79-62-22-6-12-52-54(62)14-4-20-60(52)68-2/h3-26H,27-50H2,1-2H3. The zero-order valence-corrected chi connectivity index (χ0v) is 47.8. The molecular weight excluding hydrogens is 1060 g/mol. The normalized spacial score (nSPS) is 11.4. The summed E-state index contributed by atoms with van der Waals surface area (Å²) in [6.07, 6.45) is 0. The largest absolute Gasteiger partial charge is 0.496 e. The summed E-state index contributed by atoms with van der Waals surface area (Å²) in [6, 6.07) is 47.4. The lowest BCUT2D eigenvalue weighted by Gasteiger charge is -2.13. The van der Waals surface area contributed by atoms with E-state index in [-0.39, 0.29) is 0 Å². The van der Waals surface area contributed by atoms with Gasteiger partial charge < -0.3 is 80.5 Å². The molecule has 0 saturated carbocycles. The van der Waals surface area contributed by atoms with E-state index in [4.69, 9.17) is 80.5 Å². The van der Waals surface area contributed by atoms with Crippen molar-refractivity contribution in [3.05, 3.63) is 146 Å². The third-order valence-electron chi connectivity index (χ3n) is 13.0. The lowest BCUT2D eigenvalue weighted by molar-refractivity contribution is 0.00504. The van der Waals surface area contributed by atoms with Gasteiger partial charge in [-0.3, -0.25) is 0 Å². The number of benzene rings is 8. The van der Waals surface area contributed by atoms with Crippen molar-refractivity contribution in [2.45, 2.75) is 0 Å². The van der Waals surface area contributed by atoms with Gasteiger partial charge in [-0.15, -0.1) is 0 Å². The molecule has 0 atom stereocenters. The lowest BCUT2D eigenvalue weighted by atomic mass is 10.1. The van der Waals surface area contributed by atoms with Crippen LogP contribution in [0.25, 0.3) is 43.1 Å². The van der Waals surface area contributed by atoms with E-state index < -0.39 is 0 Å². The van der Waals surface area contributed by atoms with Crippen LogP contribution in [0.1, 0.15) is 0 Å². The van der Waals surface area contributed by atoms with Gasteiger partial charge in [-0.05, 0) is 48.5 Å². The second-order valence-corrected chi connectivity index (χ2v) is 18.4. The maximum Gasteiger partial charge on any atom is 0.127 e. The Bertz CT molecular complexity index is 2910. The van der Waals surface area contributed by atoms with Crippen molar-refractivity contribution >= 4 is 43.1 Å². The lowest BCUT2D eigenvalue weighted by Crippen LogP contribution is -2.14. The van der Waals surface area contributed by atoms with Crippen LogP contribution in [0.5, 0.6) is 46.0 Å². The van der Waals surface area contributed by atoms with E-state index in [2.05, 4.69) is 0 Å². The number of fused-ring (bicyclic) bond motifs is 4. The van der Waals surface area contributed by atoms with Crippen LogP contribution in [0.2, 0.25) is 0 Å². The van der Waals surface area contributed by atoms with Gasteiger partial charge in [0.05, 0.1) is 133 Å². The summed E-state index contributed by atoms with van der Waals surface area (Å²) in [5.41, 5.74) is 0. The van der Waals surface area contributed by atoms with Gasteiger partial charge in [0.2, 0.25) is 0 Å². The fourth-order valence-electron chi connectivity index (χ4n) is 9.01. The minimum Gasteiger partial charge on any atom is -0.496 e. The van der Waals surface area contributed by atoms with Crippen LogP contribution in [0.4, 0.5) is 0 Å². The molecule has 8 aromatic rings. The molecule has 0 radical (unpaired) electrons. The molecule has 17 nitrogen and oxygen atoms in total. The molecule has 0 unspecified atom stereocenters. The van der Waals surface area contributed by atoms with Crippen LogP contribution in [0.3, 0.4) is 0 Å². The number of ether oxygens (including phenoxy) is 17. The van der Waals surface area contributed by atoms with Crippen LogP contribution in [0.15, 0.2) is 146 Å². The van der Waals surface area contributed by atoms with Gasteiger partial charge in [0.1, 0.15) is 85.6 Å². The van der Waals surface area contributed by atoms with E-state index in [9.17, 15) is 0 Å². The molecule has 0 aliphatic carbocycles. The highest BCUT2D eigenvalue weighted by atomic mass is 16.6. The molecular formula is C66H78O17. The maximum atomic E-state index is 6.11.